The van der Waals surface area contributed by atoms with Gasteiger partial charge in [0.05, 0.1) is 7.11 Å². The van der Waals surface area contributed by atoms with Gasteiger partial charge in [0.25, 0.3) is 0 Å². The Kier molecular flexibility index (Phi) is 3.50. The van der Waals surface area contributed by atoms with Crippen molar-refractivity contribution in [3.63, 3.8) is 0 Å². The third kappa shape index (κ3) is 2.58. The Balaban J connectivity index is 2.73. The van der Waals surface area contributed by atoms with Crippen LogP contribution in [0.5, 0.6) is 5.75 Å². The van der Waals surface area contributed by atoms with Crippen molar-refractivity contribution < 1.29 is 9.53 Å². The molecule has 0 fully saturated rings. The fraction of sp³-hybridized carbons (Fsp3) is 0.364. The van der Waals surface area contributed by atoms with Crippen LogP contribution < -0.4 is 4.74 Å². The molecule has 0 aromatic heterocycles. The Morgan fingerprint density at radius 2 is 2.00 bits per heavy atom. The molecule has 0 bridgehead atoms. The van der Waals surface area contributed by atoms with Gasteiger partial charge in [-0.1, -0.05) is 19.1 Å². The molecule has 2 heteroatoms. The summed E-state index contributed by atoms with van der Waals surface area (Å²) in [6, 6.07) is 7.81. The molecular weight excluding hydrogens is 164 g/mol. The molecule has 0 heterocycles. The second-order valence-corrected chi connectivity index (χ2v) is 3.08. The van der Waals surface area contributed by atoms with Gasteiger partial charge >= 0.3 is 0 Å². The van der Waals surface area contributed by atoms with Crippen LogP contribution in [0.25, 0.3) is 0 Å². The number of benzene rings is 1. The fourth-order valence-corrected chi connectivity index (χ4v) is 1.21. The van der Waals surface area contributed by atoms with E-state index in [1.54, 1.807) is 7.11 Å². The number of rotatable bonds is 4. The molecule has 0 unspecified atom stereocenters. The average molecular weight is 178 g/mol. The summed E-state index contributed by atoms with van der Waals surface area (Å²) in [7, 11) is 1.64. The van der Waals surface area contributed by atoms with Gasteiger partial charge in [0.2, 0.25) is 0 Å². The minimum Gasteiger partial charge on any atom is -0.497 e. The fourth-order valence-electron chi connectivity index (χ4n) is 1.21. The van der Waals surface area contributed by atoms with Crippen molar-refractivity contribution in [1.82, 2.24) is 0 Å². The van der Waals surface area contributed by atoms with Crippen LogP contribution in [0.2, 0.25) is 0 Å². The maximum atomic E-state index is 10.3. The quantitative estimate of drug-likeness (QED) is 0.662. The molecule has 0 spiro atoms. The topological polar surface area (TPSA) is 26.3 Å². The number of ether oxygens (including phenoxy) is 1. The molecule has 1 aromatic carbocycles. The minimum absolute atomic E-state index is 0.295. The summed E-state index contributed by atoms with van der Waals surface area (Å²) >= 11 is 0. The highest BCUT2D eigenvalue weighted by atomic mass is 16.5. The summed E-state index contributed by atoms with van der Waals surface area (Å²) in [6.45, 7) is 2.04. The SMILES string of the molecule is COc1ccc([C@@H](C)CC=O)cc1. The first-order chi connectivity index (χ1) is 6.27. The second-order valence-electron chi connectivity index (χ2n) is 3.08. The van der Waals surface area contributed by atoms with Crippen molar-refractivity contribution in [2.75, 3.05) is 7.11 Å². The first-order valence-corrected chi connectivity index (χ1v) is 4.35. The summed E-state index contributed by atoms with van der Waals surface area (Å²) in [5.74, 6) is 1.14. The number of aldehydes is 1. The van der Waals surface area contributed by atoms with E-state index in [1.807, 2.05) is 31.2 Å². The van der Waals surface area contributed by atoms with Gasteiger partial charge < -0.3 is 9.53 Å². The van der Waals surface area contributed by atoms with E-state index in [0.717, 1.165) is 12.0 Å². The zero-order valence-electron chi connectivity index (χ0n) is 7.99. The van der Waals surface area contributed by atoms with Crippen molar-refractivity contribution in [3.8, 4) is 5.75 Å². The Morgan fingerprint density at radius 3 is 2.46 bits per heavy atom. The van der Waals surface area contributed by atoms with Crippen molar-refractivity contribution in [2.24, 2.45) is 0 Å². The van der Waals surface area contributed by atoms with E-state index in [-0.39, 0.29) is 0 Å². The highest BCUT2D eigenvalue weighted by Crippen LogP contribution is 2.20. The molecular formula is C11H14O2. The molecule has 1 rings (SSSR count). The molecule has 1 aromatic rings. The maximum absolute atomic E-state index is 10.3. The minimum atomic E-state index is 0.295. The molecule has 0 aliphatic heterocycles. The van der Waals surface area contributed by atoms with E-state index in [9.17, 15) is 4.79 Å². The largest absolute Gasteiger partial charge is 0.497 e. The van der Waals surface area contributed by atoms with Gasteiger partial charge in [0.15, 0.2) is 0 Å². The lowest BCUT2D eigenvalue weighted by Gasteiger charge is -2.08. The molecule has 13 heavy (non-hydrogen) atoms. The van der Waals surface area contributed by atoms with Crippen LogP contribution in [0.3, 0.4) is 0 Å². The Morgan fingerprint density at radius 1 is 1.38 bits per heavy atom. The van der Waals surface area contributed by atoms with Crippen molar-refractivity contribution in [2.45, 2.75) is 19.3 Å². The van der Waals surface area contributed by atoms with E-state index in [0.29, 0.717) is 12.3 Å². The van der Waals surface area contributed by atoms with Crippen LogP contribution in [-0.4, -0.2) is 13.4 Å². The lowest BCUT2D eigenvalue weighted by molar-refractivity contribution is -0.108. The molecule has 0 radical (unpaired) electrons. The predicted octanol–water partition coefficient (Wildman–Crippen LogP) is 2.39. The van der Waals surface area contributed by atoms with Crippen LogP contribution in [0, 0.1) is 0 Å². The van der Waals surface area contributed by atoms with Gasteiger partial charge in [0, 0.05) is 6.42 Å². The molecule has 0 saturated heterocycles. The van der Waals surface area contributed by atoms with Gasteiger partial charge in [-0.25, -0.2) is 0 Å². The Bertz CT molecular complexity index is 264. The number of carbonyl (C=O) groups excluding carboxylic acids is 1. The molecule has 2 nitrogen and oxygen atoms in total. The van der Waals surface area contributed by atoms with Gasteiger partial charge in [0.1, 0.15) is 12.0 Å². The molecule has 70 valence electrons. The highest BCUT2D eigenvalue weighted by Gasteiger charge is 2.03. The summed E-state index contributed by atoms with van der Waals surface area (Å²) in [5, 5.41) is 0. The number of hydrogen-bond acceptors (Lipinski definition) is 2. The van der Waals surface area contributed by atoms with E-state index in [1.165, 1.54) is 5.56 Å². The standard InChI is InChI=1S/C11H14O2/c1-9(7-8-12)10-3-5-11(13-2)6-4-10/h3-6,8-9H,7H2,1-2H3/t9-/m0/s1. The summed E-state index contributed by atoms with van der Waals surface area (Å²) in [5.41, 5.74) is 1.17. The third-order valence-electron chi connectivity index (χ3n) is 2.13. The molecule has 0 amide bonds. The Hall–Kier alpha value is -1.31. The number of carbonyl (C=O) groups is 1. The number of methoxy groups -OCH3 is 1. The van der Waals surface area contributed by atoms with E-state index < -0.39 is 0 Å². The first kappa shape index (κ1) is 9.78. The van der Waals surface area contributed by atoms with E-state index in [2.05, 4.69) is 0 Å². The van der Waals surface area contributed by atoms with Crippen LogP contribution in [0.4, 0.5) is 0 Å². The van der Waals surface area contributed by atoms with Gasteiger partial charge in [-0.15, -0.1) is 0 Å². The summed E-state index contributed by atoms with van der Waals surface area (Å²) < 4.78 is 5.04. The third-order valence-corrected chi connectivity index (χ3v) is 2.13. The molecule has 0 aliphatic rings. The monoisotopic (exact) mass is 178 g/mol. The molecule has 0 aliphatic carbocycles. The summed E-state index contributed by atoms with van der Waals surface area (Å²) in [4.78, 5) is 10.3. The number of hydrogen-bond donors (Lipinski definition) is 0. The van der Waals surface area contributed by atoms with Crippen LogP contribution in [-0.2, 0) is 4.79 Å². The average Bonchev–Trinajstić information content (AvgIpc) is 2.18. The van der Waals surface area contributed by atoms with Crippen LogP contribution in [0.15, 0.2) is 24.3 Å². The summed E-state index contributed by atoms with van der Waals surface area (Å²) in [6.07, 6.45) is 1.53. The molecule has 0 saturated carbocycles. The lowest BCUT2D eigenvalue weighted by atomic mass is 9.99. The second kappa shape index (κ2) is 4.65. The normalized spacial score (nSPS) is 12.2. The maximum Gasteiger partial charge on any atom is 0.120 e. The molecule has 1 atom stereocenters. The van der Waals surface area contributed by atoms with Crippen molar-refractivity contribution in [3.05, 3.63) is 29.8 Å². The Labute approximate surface area is 78.5 Å². The van der Waals surface area contributed by atoms with Gasteiger partial charge in [-0.05, 0) is 23.6 Å². The lowest BCUT2D eigenvalue weighted by Crippen LogP contribution is -1.94. The van der Waals surface area contributed by atoms with Gasteiger partial charge in [-0.2, -0.15) is 0 Å². The predicted molar refractivity (Wildman–Crippen MR) is 52.1 cm³/mol. The highest BCUT2D eigenvalue weighted by molar-refractivity contribution is 5.51. The van der Waals surface area contributed by atoms with Gasteiger partial charge in [-0.3, -0.25) is 0 Å². The van der Waals surface area contributed by atoms with Crippen molar-refractivity contribution >= 4 is 6.29 Å². The van der Waals surface area contributed by atoms with Crippen LogP contribution in [0.1, 0.15) is 24.8 Å². The zero-order valence-corrected chi connectivity index (χ0v) is 7.99. The van der Waals surface area contributed by atoms with E-state index in [4.69, 9.17) is 4.74 Å². The smallest absolute Gasteiger partial charge is 0.120 e. The molecule has 0 N–H and O–H groups in total. The van der Waals surface area contributed by atoms with Crippen molar-refractivity contribution in [1.29, 1.82) is 0 Å². The van der Waals surface area contributed by atoms with Crippen LogP contribution >= 0.6 is 0 Å². The van der Waals surface area contributed by atoms with E-state index >= 15 is 0 Å². The zero-order chi connectivity index (χ0) is 9.68. The first-order valence-electron chi connectivity index (χ1n) is 4.35.